The Labute approximate surface area is 198 Å². The first-order chi connectivity index (χ1) is 16.5. The molecule has 0 radical (unpaired) electrons. The molecule has 176 valence electrons. The molecule has 3 atom stereocenters. The van der Waals surface area contributed by atoms with Crippen molar-refractivity contribution in [1.82, 2.24) is 10.3 Å². The number of esters is 1. The summed E-state index contributed by atoms with van der Waals surface area (Å²) in [6.45, 7) is 1.56. The molecule has 1 amide bonds. The molecule has 1 heterocycles. The van der Waals surface area contributed by atoms with Crippen LogP contribution in [-0.4, -0.2) is 41.2 Å². The Hall–Kier alpha value is -3.87. The second-order valence-electron chi connectivity index (χ2n) is 8.36. The molecule has 2 aromatic carbocycles. The van der Waals surface area contributed by atoms with Gasteiger partial charge in [0, 0.05) is 18.2 Å². The number of hydrogen-bond acceptors (Lipinski definition) is 6. The van der Waals surface area contributed by atoms with Gasteiger partial charge in [0.05, 0.1) is 7.11 Å². The van der Waals surface area contributed by atoms with Crippen LogP contribution in [0.2, 0.25) is 0 Å². The number of amides is 1. The van der Waals surface area contributed by atoms with Crippen molar-refractivity contribution >= 4 is 11.9 Å². The molecule has 7 heteroatoms. The van der Waals surface area contributed by atoms with Crippen LogP contribution in [0.25, 0.3) is 0 Å². The zero-order chi connectivity index (χ0) is 24.1. The average Bonchev–Trinajstić information content (AvgIpc) is 3.03. The zero-order valence-corrected chi connectivity index (χ0v) is 19.2. The van der Waals surface area contributed by atoms with Crippen LogP contribution in [0.1, 0.15) is 52.9 Å². The van der Waals surface area contributed by atoms with Gasteiger partial charge < -0.3 is 19.9 Å². The Morgan fingerprint density at radius 1 is 1.09 bits per heavy atom. The van der Waals surface area contributed by atoms with Gasteiger partial charge in [-0.2, -0.15) is 0 Å². The van der Waals surface area contributed by atoms with Crippen molar-refractivity contribution in [3.8, 4) is 11.5 Å². The lowest BCUT2D eigenvalue weighted by Gasteiger charge is -2.28. The van der Waals surface area contributed by atoms with Gasteiger partial charge in [-0.15, -0.1) is 0 Å². The van der Waals surface area contributed by atoms with E-state index >= 15 is 0 Å². The highest BCUT2D eigenvalue weighted by Crippen LogP contribution is 2.37. The topological polar surface area (TPSA) is 97.8 Å². The standard InChI is InChI=1S/C27H28N2O5/c1-17(29-26(31)24-25(30)22(33-2)15-16-28-24)27(32)34-21-14-8-12-18-9-6-7-13-20(18)23(21)19-10-4-3-5-11-19/h3-7,9-11,13,15-17,21,23,30H,8,12,14H2,1-2H3,(H,29,31)/t17-,21?,23?/m0/s1. The van der Waals surface area contributed by atoms with Gasteiger partial charge in [-0.25, -0.2) is 9.78 Å². The number of benzene rings is 2. The number of aromatic nitrogens is 1. The van der Waals surface area contributed by atoms with Gasteiger partial charge in [0.25, 0.3) is 5.91 Å². The maximum absolute atomic E-state index is 13.0. The highest BCUT2D eigenvalue weighted by Gasteiger charge is 2.33. The van der Waals surface area contributed by atoms with Crippen LogP contribution < -0.4 is 10.1 Å². The van der Waals surface area contributed by atoms with E-state index in [0.717, 1.165) is 24.0 Å². The van der Waals surface area contributed by atoms with Crippen molar-refractivity contribution < 1.29 is 24.2 Å². The molecular formula is C27H28N2O5. The highest BCUT2D eigenvalue weighted by molar-refractivity contribution is 5.97. The first kappa shape index (κ1) is 23.3. The molecule has 0 aliphatic heterocycles. The Kier molecular flexibility index (Phi) is 7.11. The summed E-state index contributed by atoms with van der Waals surface area (Å²) >= 11 is 0. The summed E-state index contributed by atoms with van der Waals surface area (Å²) in [7, 11) is 1.38. The summed E-state index contributed by atoms with van der Waals surface area (Å²) < 4.78 is 11.0. The van der Waals surface area contributed by atoms with Crippen LogP contribution in [-0.2, 0) is 16.0 Å². The van der Waals surface area contributed by atoms with E-state index in [1.165, 1.54) is 24.9 Å². The predicted molar refractivity (Wildman–Crippen MR) is 127 cm³/mol. The first-order valence-electron chi connectivity index (χ1n) is 11.4. The summed E-state index contributed by atoms with van der Waals surface area (Å²) in [6.07, 6.45) is 3.49. The van der Waals surface area contributed by atoms with Gasteiger partial charge in [-0.3, -0.25) is 4.79 Å². The van der Waals surface area contributed by atoms with E-state index in [1.807, 2.05) is 30.3 Å². The first-order valence-corrected chi connectivity index (χ1v) is 11.4. The number of carbonyl (C=O) groups excluding carboxylic acids is 2. The van der Waals surface area contributed by atoms with Crippen LogP contribution in [0, 0.1) is 0 Å². The lowest BCUT2D eigenvalue weighted by Crippen LogP contribution is -2.42. The SMILES string of the molecule is COc1ccnc(C(=O)N[C@@H](C)C(=O)OC2CCCc3ccccc3C2c2ccccc2)c1O. The van der Waals surface area contributed by atoms with Crippen molar-refractivity contribution in [1.29, 1.82) is 0 Å². The summed E-state index contributed by atoms with van der Waals surface area (Å²) in [6, 6.07) is 18.8. The number of nitrogens with zero attached hydrogens (tertiary/aromatic N) is 1. The number of ether oxygens (including phenoxy) is 2. The third-order valence-corrected chi connectivity index (χ3v) is 6.15. The Balaban J connectivity index is 1.53. The Morgan fingerprint density at radius 3 is 2.59 bits per heavy atom. The largest absolute Gasteiger partial charge is 0.503 e. The second kappa shape index (κ2) is 10.4. The van der Waals surface area contributed by atoms with E-state index < -0.39 is 17.9 Å². The molecule has 1 aliphatic rings. The fraction of sp³-hybridized carbons (Fsp3) is 0.296. The molecule has 0 saturated heterocycles. The third kappa shape index (κ3) is 4.88. The average molecular weight is 461 g/mol. The number of methoxy groups -OCH3 is 1. The van der Waals surface area contributed by atoms with E-state index in [0.29, 0.717) is 6.42 Å². The summed E-state index contributed by atoms with van der Waals surface area (Å²) in [5.41, 5.74) is 3.28. The van der Waals surface area contributed by atoms with Crippen molar-refractivity contribution in [2.24, 2.45) is 0 Å². The summed E-state index contributed by atoms with van der Waals surface area (Å²) in [5, 5.41) is 12.8. The van der Waals surface area contributed by atoms with Gasteiger partial charge >= 0.3 is 5.97 Å². The summed E-state index contributed by atoms with van der Waals surface area (Å²) in [5.74, 6) is -1.59. The van der Waals surface area contributed by atoms with E-state index in [4.69, 9.17) is 9.47 Å². The van der Waals surface area contributed by atoms with E-state index in [-0.39, 0.29) is 29.2 Å². The quantitative estimate of drug-likeness (QED) is 0.426. The maximum Gasteiger partial charge on any atom is 0.328 e. The molecule has 2 unspecified atom stereocenters. The van der Waals surface area contributed by atoms with Gasteiger partial charge in [0.15, 0.2) is 17.2 Å². The minimum absolute atomic E-state index is 0.101. The Morgan fingerprint density at radius 2 is 1.82 bits per heavy atom. The monoisotopic (exact) mass is 460 g/mol. The minimum atomic E-state index is -0.935. The lowest BCUT2D eigenvalue weighted by atomic mass is 9.84. The van der Waals surface area contributed by atoms with Crippen LogP contribution >= 0.6 is 0 Å². The fourth-order valence-electron chi connectivity index (χ4n) is 4.45. The number of fused-ring (bicyclic) bond motifs is 1. The molecule has 2 N–H and O–H groups in total. The van der Waals surface area contributed by atoms with E-state index in [9.17, 15) is 14.7 Å². The minimum Gasteiger partial charge on any atom is -0.503 e. The summed E-state index contributed by atoms with van der Waals surface area (Å²) in [4.78, 5) is 29.6. The van der Waals surface area contributed by atoms with E-state index in [2.05, 4.69) is 34.6 Å². The van der Waals surface area contributed by atoms with Crippen LogP contribution in [0.3, 0.4) is 0 Å². The number of carbonyl (C=O) groups is 2. The molecule has 1 aliphatic carbocycles. The normalized spacial score (nSPS) is 18.2. The van der Waals surface area contributed by atoms with Crippen molar-refractivity contribution in [3.63, 3.8) is 0 Å². The number of aryl methyl sites for hydroxylation is 1. The van der Waals surface area contributed by atoms with Crippen molar-refractivity contribution in [2.45, 2.75) is 44.2 Å². The number of aromatic hydroxyl groups is 1. The molecule has 3 aromatic rings. The molecule has 0 fully saturated rings. The maximum atomic E-state index is 13.0. The van der Waals surface area contributed by atoms with Crippen LogP contribution in [0.4, 0.5) is 0 Å². The molecule has 0 bridgehead atoms. The Bertz CT molecular complexity index is 1160. The number of pyridine rings is 1. The molecular weight excluding hydrogens is 432 g/mol. The van der Waals surface area contributed by atoms with Gasteiger partial charge in [-0.05, 0) is 42.9 Å². The van der Waals surface area contributed by atoms with Crippen LogP contribution in [0.5, 0.6) is 11.5 Å². The van der Waals surface area contributed by atoms with Crippen molar-refractivity contribution in [2.75, 3.05) is 7.11 Å². The number of hydrogen-bond donors (Lipinski definition) is 2. The molecule has 7 nitrogen and oxygen atoms in total. The number of rotatable bonds is 6. The lowest BCUT2D eigenvalue weighted by molar-refractivity contribution is -0.152. The van der Waals surface area contributed by atoms with Crippen molar-refractivity contribution in [3.05, 3.63) is 89.2 Å². The smallest absolute Gasteiger partial charge is 0.328 e. The third-order valence-electron chi connectivity index (χ3n) is 6.15. The molecule has 0 saturated carbocycles. The van der Waals surface area contributed by atoms with Gasteiger partial charge in [0.2, 0.25) is 0 Å². The van der Waals surface area contributed by atoms with Crippen LogP contribution in [0.15, 0.2) is 66.9 Å². The second-order valence-corrected chi connectivity index (χ2v) is 8.36. The highest BCUT2D eigenvalue weighted by atomic mass is 16.5. The van der Waals surface area contributed by atoms with Gasteiger partial charge in [-0.1, -0.05) is 54.6 Å². The molecule has 34 heavy (non-hydrogen) atoms. The molecule has 4 rings (SSSR count). The molecule has 1 aromatic heterocycles. The molecule has 0 spiro atoms. The zero-order valence-electron chi connectivity index (χ0n) is 19.2. The fourth-order valence-corrected chi connectivity index (χ4v) is 4.45. The predicted octanol–water partition coefficient (Wildman–Crippen LogP) is 3.99. The van der Waals surface area contributed by atoms with Gasteiger partial charge in [0.1, 0.15) is 12.1 Å². The van der Waals surface area contributed by atoms with E-state index in [1.54, 1.807) is 6.92 Å². The number of nitrogens with one attached hydrogen (secondary N) is 1.